The van der Waals surface area contributed by atoms with Gasteiger partial charge in [-0.2, -0.15) is 0 Å². The van der Waals surface area contributed by atoms with Gasteiger partial charge in [0.2, 0.25) is 0 Å². The second kappa shape index (κ2) is 6.11. The van der Waals surface area contributed by atoms with Crippen molar-refractivity contribution in [2.24, 2.45) is 5.73 Å². The summed E-state index contributed by atoms with van der Waals surface area (Å²) in [6, 6.07) is 9.23. The lowest BCUT2D eigenvalue weighted by atomic mass is 10.1. The molecule has 0 heterocycles. The Bertz CT molecular complexity index is 641. The number of primary amides is 1. The number of nitrogens with one attached hydrogen (secondary N) is 1. The molecular weight excluding hydrogens is 302 g/mol. The van der Waals surface area contributed by atoms with E-state index in [9.17, 15) is 9.18 Å². The van der Waals surface area contributed by atoms with Gasteiger partial charge in [0.1, 0.15) is 5.82 Å². The van der Waals surface area contributed by atoms with Crippen molar-refractivity contribution in [1.29, 1.82) is 0 Å². The molecule has 0 spiro atoms. The summed E-state index contributed by atoms with van der Waals surface area (Å²) >= 11 is 11.8. The van der Waals surface area contributed by atoms with E-state index in [1.807, 2.05) is 0 Å². The second-order valence-corrected chi connectivity index (χ2v) is 5.06. The Labute approximate surface area is 125 Å². The molecule has 0 atom stereocenters. The maximum Gasteiger partial charge on any atom is 0.251 e. The Balaban J connectivity index is 2.14. The summed E-state index contributed by atoms with van der Waals surface area (Å²) in [7, 11) is 0. The summed E-state index contributed by atoms with van der Waals surface area (Å²) < 4.78 is 13.3. The molecule has 0 aliphatic heterocycles. The normalized spacial score (nSPS) is 10.3. The van der Waals surface area contributed by atoms with E-state index in [0.29, 0.717) is 22.3 Å². The average molecular weight is 313 g/mol. The van der Waals surface area contributed by atoms with Crippen LogP contribution in [0.25, 0.3) is 0 Å². The van der Waals surface area contributed by atoms with E-state index in [2.05, 4.69) is 5.32 Å². The fourth-order valence-corrected chi connectivity index (χ4v) is 2.31. The molecule has 3 nitrogen and oxygen atoms in total. The van der Waals surface area contributed by atoms with Gasteiger partial charge in [-0.1, -0.05) is 23.2 Å². The quantitative estimate of drug-likeness (QED) is 0.901. The fourth-order valence-electron chi connectivity index (χ4n) is 1.74. The Morgan fingerprint density at radius 3 is 2.40 bits per heavy atom. The lowest BCUT2D eigenvalue weighted by molar-refractivity contribution is 0.0996. The third kappa shape index (κ3) is 3.62. The zero-order chi connectivity index (χ0) is 14.7. The topological polar surface area (TPSA) is 55.1 Å². The van der Waals surface area contributed by atoms with Crippen LogP contribution in [0.3, 0.4) is 0 Å². The van der Waals surface area contributed by atoms with E-state index in [4.69, 9.17) is 28.9 Å². The molecule has 0 unspecified atom stereocenters. The van der Waals surface area contributed by atoms with Crippen molar-refractivity contribution in [3.05, 3.63) is 63.4 Å². The zero-order valence-electron chi connectivity index (χ0n) is 10.3. The van der Waals surface area contributed by atoms with Crippen LogP contribution in [0.2, 0.25) is 10.0 Å². The average Bonchev–Trinajstić information content (AvgIpc) is 2.36. The molecule has 1 amide bonds. The first-order valence-electron chi connectivity index (χ1n) is 5.74. The maximum absolute atomic E-state index is 13.3. The van der Waals surface area contributed by atoms with Crippen LogP contribution in [0.5, 0.6) is 0 Å². The van der Waals surface area contributed by atoms with Crippen molar-refractivity contribution in [2.75, 3.05) is 5.32 Å². The Hall–Kier alpha value is -1.78. The number of amides is 1. The second-order valence-electron chi connectivity index (χ2n) is 4.19. The molecule has 2 aromatic carbocycles. The molecular formula is C14H11Cl2FN2O. The number of rotatable bonds is 4. The summed E-state index contributed by atoms with van der Waals surface area (Å²) in [5, 5.41) is 4.11. The molecule has 0 saturated heterocycles. The minimum absolute atomic E-state index is 0.154. The van der Waals surface area contributed by atoms with Gasteiger partial charge < -0.3 is 11.1 Å². The monoisotopic (exact) mass is 312 g/mol. The molecule has 20 heavy (non-hydrogen) atoms. The summed E-state index contributed by atoms with van der Waals surface area (Å²) in [5.41, 5.74) is 6.38. The molecule has 6 heteroatoms. The minimum atomic E-state index is -0.808. The van der Waals surface area contributed by atoms with E-state index >= 15 is 0 Å². The third-order valence-electron chi connectivity index (χ3n) is 2.65. The van der Waals surface area contributed by atoms with E-state index in [1.54, 1.807) is 18.2 Å². The van der Waals surface area contributed by atoms with Crippen LogP contribution in [-0.4, -0.2) is 5.91 Å². The molecule has 0 fully saturated rings. The first kappa shape index (κ1) is 14.6. The van der Waals surface area contributed by atoms with Gasteiger partial charge >= 0.3 is 0 Å². The molecule has 3 N–H and O–H groups in total. The van der Waals surface area contributed by atoms with Gasteiger partial charge in [0.15, 0.2) is 0 Å². The van der Waals surface area contributed by atoms with Gasteiger partial charge in [-0.3, -0.25) is 4.79 Å². The predicted molar refractivity (Wildman–Crippen MR) is 78.7 cm³/mol. The number of halogens is 3. The summed E-state index contributed by atoms with van der Waals surface area (Å²) in [4.78, 5) is 11.1. The lowest BCUT2D eigenvalue weighted by Crippen LogP contribution is -2.13. The summed E-state index contributed by atoms with van der Waals surface area (Å²) in [6.07, 6.45) is 0. The molecule has 104 valence electrons. The highest BCUT2D eigenvalue weighted by Gasteiger charge is 2.08. The van der Waals surface area contributed by atoms with Crippen LogP contribution < -0.4 is 11.1 Å². The van der Waals surface area contributed by atoms with E-state index in [-0.39, 0.29) is 5.56 Å². The van der Waals surface area contributed by atoms with Crippen molar-refractivity contribution in [1.82, 2.24) is 0 Å². The van der Waals surface area contributed by atoms with Crippen LogP contribution in [0.1, 0.15) is 15.9 Å². The first-order chi connectivity index (χ1) is 9.45. The number of benzene rings is 2. The highest BCUT2D eigenvalue weighted by atomic mass is 35.5. The molecule has 0 aromatic heterocycles. The van der Waals surface area contributed by atoms with Gasteiger partial charge in [0.25, 0.3) is 5.91 Å². The van der Waals surface area contributed by atoms with Gasteiger partial charge in [0.05, 0.1) is 5.56 Å². The first-order valence-corrected chi connectivity index (χ1v) is 6.49. The van der Waals surface area contributed by atoms with Crippen LogP contribution in [-0.2, 0) is 6.54 Å². The SMILES string of the molecule is NC(=O)c1cc(NCc2cc(Cl)cc(Cl)c2)ccc1F. The largest absolute Gasteiger partial charge is 0.381 e. The Kier molecular flexibility index (Phi) is 4.47. The van der Waals surface area contributed by atoms with Crippen molar-refractivity contribution in [2.45, 2.75) is 6.54 Å². The number of nitrogens with two attached hydrogens (primary N) is 1. The predicted octanol–water partition coefficient (Wildman–Crippen LogP) is 3.84. The highest BCUT2D eigenvalue weighted by Crippen LogP contribution is 2.20. The van der Waals surface area contributed by atoms with Crippen molar-refractivity contribution < 1.29 is 9.18 Å². The van der Waals surface area contributed by atoms with Crippen LogP contribution >= 0.6 is 23.2 Å². The van der Waals surface area contributed by atoms with Gasteiger partial charge in [-0.15, -0.1) is 0 Å². The number of carbonyl (C=O) groups is 1. The standard InChI is InChI=1S/C14H11Cl2FN2O/c15-9-3-8(4-10(16)5-9)7-19-11-1-2-13(17)12(6-11)14(18)20/h1-6,19H,7H2,(H2,18,20). The third-order valence-corrected chi connectivity index (χ3v) is 3.09. The number of hydrogen-bond donors (Lipinski definition) is 2. The van der Waals surface area contributed by atoms with Gasteiger partial charge in [0, 0.05) is 22.3 Å². The number of hydrogen-bond acceptors (Lipinski definition) is 2. The maximum atomic E-state index is 13.3. The van der Waals surface area contributed by atoms with Crippen molar-refractivity contribution in [3.63, 3.8) is 0 Å². The van der Waals surface area contributed by atoms with Crippen LogP contribution in [0, 0.1) is 5.82 Å². The van der Waals surface area contributed by atoms with E-state index in [0.717, 1.165) is 5.56 Å². The van der Waals surface area contributed by atoms with Crippen molar-refractivity contribution in [3.8, 4) is 0 Å². The number of anilines is 1. The van der Waals surface area contributed by atoms with Gasteiger partial charge in [-0.25, -0.2) is 4.39 Å². The highest BCUT2D eigenvalue weighted by molar-refractivity contribution is 6.34. The molecule has 0 aliphatic carbocycles. The smallest absolute Gasteiger partial charge is 0.251 e. The Morgan fingerprint density at radius 2 is 1.80 bits per heavy atom. The fraction of sp³-hybridized carbons (Fsp3) is 0.0714. The van der Waals surface area contributed by atoms with E-state index < -0.39 is 11.7 Å². The molecule has 2 rings (SSSR count). The summed E-state index contributed by atoms with van der Waals surface area (Å²) in [6.45, 7) is 0.435. The Morgan fingerprint density at radius 1 is 1.15 bits per heavy atom. The van der Waals surface area contributed by atoms with Gasteiger partial charge in [-0.05, 0) is 42.0 Å². The lowest BCUT2D eigenvalue weighted by Gasteiger charge is -2.09. The molecule has 0 aliphatic rings. The number of carbonyl (C=O) groups excluding carboxylic acids is 1. The minimum Gasteiger partial charge on any atom is -0.381 e. The van der Waals surface area contributed by atoms with Crippen LogP contribution in [0.4, 0.5) is 10.1 Å². The molecule has 2 aromatic rings. The molecule has 0 radical (unpaired) electrons. The zero-order valence-corrected chi connectivity index (χ0v) is 11.8. The van der Waals surface area contributed by atoms with Crippen LogP contribution in [0.15, 0.2) is 36.4 Å². The molecule has 0 bridgehead atoms. The molecule has 0 saturated carbocycles. The van der Waals surface area contributed by atoms with Crippen molar-refractivity contribution >= 4 is 34.8 Å². The summed E-state index contributed by atoms with van der Waals surface area (Å²) in [5.74, 6) is -1.45. The van der Waals surface area contributed by atoms with E-state index in [1.165, 1.54) is 18.2 Å².